The van der Waals surface area contributed by atoms with Crippen molar-refractivity contribution in [2.75, 3.05) is 13.7 Å². The third-order valence-corrected chi connectivity index (χ3v) is 4.92. The van der Waals surface area contributed by atoms with Crippen LogP contribution in [0.5, 0.6) is 11.5 Å². The van der Waals surface area contributed by atoms with Crippen molar-refractivity contribution < 1.29 is 52.3 Å². The summed E-state index contributed by atoms with van der Waals surface area (Å²) in [5, 5.41) is 0. The first-order valence-corrected chi connectivity index (χ1v) is 10.6. The molecule has 5 atom stereocenters. The summed E-state index contributed by atoms with van der Waals surface area (Å²) in [5.74, 6) is -0.422. The Balaban J connectivity index is 2.36. The molecule has 1 heterocycles. The minimum atomic E-state index is -1.42. The molecule has 0 amide bonds. The van der Waals surface area contributed by atoms with Gasteiger partial charge in [0, 0.05) is 32.4 Å². The van der Waals surface area contributed by atoms with Gasteiger partial charge >= 0.3 is 23.9 Å². The lowest BCUT2D eigenvalue weighted by molar-refractivity contribution is -0.261. The van der Waals surface area contributed by atoms with Crippen LogP contribution in [0, 0.1) is 18.3 Å². The van der Waals surface area contributed by atoms with Gasteiger partial charge in [-0.3, -0.25) is 14.4 Å². The van der Waals surface area contributed by atoms with Gasteiger partial charge in [-0.25, -0.2) is 4.79 Å². The lowest BCUT2D eigenvalue weighted by atomic mass is 9.91. The van der Waals surface area contributed by atoms with E-state index in [1.807, 2.05) is 0 Å². The zero-order valence-corrected chi connectivity index (χ0v) is 20.1. The third kappa shape index (κ3) is 7.61. The number of hydrogen-bond donors (Lipinski definition) is 0. The van der Waals surface area contributed by atoms with Crippen molar-refractivity contribution >= 4 is 23.9 Å². The summed E-state index contributed by atoms with van der Waals surface area (Å²) >= 11 is 0. The fourth-order valence-corrected chi connectivity index (χ4v) is 3.39. The highest BCUT2D eigenvalue weighted by Crippen LogP contribution is 2.34. The summed E-state index contributed by atoms with van der Waals surface area (Å²) in [7, 11) is 1.14. The average Bonchev–Trinajstić information content (AvgIpc) is 2.79. The molecule has 1 aliphatic heterocycles. The van der Waals surface area contributed by atoms with E-state index in [0.29, 0.717) is 11.3 Å². The van der Waals surface area contributed by atoms with Gasteiger partial charge in [-0.15, -0.1) is 6.42 Å². The number of terminal acetylenes is 1. The van der Waals surface area contributed by atoms with Crippen molar-refractivity contribution in [1.82, 2.24) is 0 Å². The Kier molecular flexibility index (Phi) is 9.90. The molecule has 0 spiro atoms. The van der Waals surface area contributed by atoms with E-state index < -0.39 is 54.4 Å². The van der Waals surface area contributed by atoms with Gasteiger partial charge in [0.1, 0.15) is 24.7 Å². The van der Waals surface area contributed by atoms with Crippen LogP contribution >= 0.6 is 0 Å². The summed E-state index contributed by atoms with van der Waals surface area (Å²) in [6, 6.07) is 4.70. The SMILES string of the molecule is C#CCOc1cc(O[C@@H]2O[C@H](C(=O)OC)[C@@H](OC(C)=O)[C@H](OC(C)=O)[C@H]2C)ccc1COC(C)=O. The van der Waals surface area contributed by atoms with Crippen LogP contribution in [-0.4, -0.2) is 62.2 Å². The molecular weight excluding hydrogens is 464 g/mol. The largest absolute Gasteiger partial charge is 0.480 e. The predicted molar refractivity (Wildman–Crippen MR) is 118 cm³/mol. The Hall–Kier alpha value is -3.78. The Bertz CT molecular complexity index is 980. The van der Waals surface area contributed by atoms with Gasteiger partial charge in [-0.1, -0.05) is 12.8 Å². The zero-order chi connectivity index (χ0) is 26.1. The van der Waals surface area contributed by atoms with E-state index in [2.05, 4.69) is 5.92 Å². The molecule has 0 saturated carbocycles. The normalized spacial score (nSPS) is 23.3. The van der Waals surface area contributed by atoms with E-state index in [1.165, 1.54) is 19.9 Å². The number of esters is 4. The molecule has 1 aromatic rings. The highest BCUT2D eigenvalue weighted by molar-refractivity contribution is 5.77. The van der Waals surface area contributed by atoms with E-state index in [4.69, 9.17) is 39.6 Å². The molecule has 0 bridgehead atoms. The maximum absolute atomic E-state index is 12.4. The number of benzene rings is 1. The number of hydrogen-bond acceptors (Lipinski definition) is 11. The summed E-state index contributed by atoms with van der Waals surface area (Å²) in [6.45, 7) is 5.17. The van der Waals surface area contributed by atoms with Crippen LogP contribution in [0.4, 0.5) is 0 Å². The molecule has 1 saturated heterocycles. The molecule has 1 fully saturated rings. The van der Waals surface area contributed by atoms with Crippen LogP contribution in [0.1, 0.15) is 33.3 Å². The van der Waals surface area contributed by atoms with E-state index >= 15 is 0 Å². The lowest BCUT2D eigenvalue weighted by Crippen LogP contribution is -2.60. The van der Waals surface area contributed by atoms with Gasteiger partial charge < -0.3 is 33.2 Å². The van der Waals surface area contributed by atoms with E-state index in [9.17, 15) is 19.2 Å². The van der Waals surface area contributed by atoms with Crippen molar-refractivity contribution in [2.45, 2.75) is 58.9 Å². The minimum Gasteiger partial charge on any atom is -0.480 e. The monoisotopic (exact) mass is 492 g/mol. The number of ether oxygens (including phenoxy) is 7. The first kappa shape index (κ1) is 27.5. The standard InChI is InChI=1S/C24H28O11/c1-7-10-30-19-11-18(9-8-17(19)12-31-14(3)25)34-24-13(2)20(32-15(4)26)21(33-16(5)27)22(35-24)23(28)29-6/h1,8-9,11,13,20-22,24H,10,12H2,2-6H3/t13-,20-,21+,22+,24-/m1/s1. The summed E-state index contributed by atoms with van der Waals surface area (Å²) < 4.78 is 37.7. The van der Waals surface area contributed by atoms with Crippen LogP contribution in [0.2, 0.25) is 0 Å². The van der Waals surface area contributed by atoms with Crippen molar-refractivity contribution in [3.8, 4) is 23.8 Å². The molecule has 0 radical (unpaired) electrons. The van der Waals surface area contributed by atoms with Crippen LogP contribution in [-0.2, 0) is 49.5 Å². The fourth-order valence-electron chi connectivity index (χ4n) is 3.39. The van der Waals surface area contributed by atoms with Gasteiger partial charge in [0.25, 0.3) is 0 Å². The Morgan fingerprint density at radius 2 is 1.69 bits per heavy atom. The van der Waals surface area contributed by atoms with Gasteiger partial charge in [0.15, 0.2) is 18.3 Å². The molecule has 1 aliphatic rings. The fraction of sp³-hybridized carbons (Fsp3) is 0.500. The van der Waals surface area contributed by atoms with E-state index in [1.54, 1.807) is 19.1 Å². The number of carbonyl (C=O) groups excluding carboxylic acids is 4. The second-order valence-electron chi connectivity index (χ2n) is 7.62. The number of rotatable bonds is 9. The lowest BCUT2D eigenvalue weighted by Gasteiger charge is -2.42. The molecule has 0 unspecified atom stereocenters. The van der Waals surface area contributed by atoms with E-state index in [-0.39, 0.29) is 19.0 Å². The molecule has 190 valence electrons. The topological polar surface area (TPSA) is 133 Å². The van der Waals surface area contributed by atoms with Crippen molar-refractivity contribution in [1.29, 1.82) is 0 Å². The van der Waals surface area contributed by atoms with Crippen LogP contribution in [0.3, 0.4) is 0 Å². The first-order chi connectivity index (χ1) is 16.6. The maximum atomic E-state index is 12.4. The first-order valence-electron chi connectivity index (χ1n) is 10.6. The Morgan fingerprint density at radius 3 is 2.26 bits per heavy atom. The molecule has 2 rings (SSSR count). The van der Waals surface area contributed by atoms with Gasteiger partial charge in [-0.05, 0) is 12.1 Å². The van der Waals surface area contributed by atoms with Crippen molar-refractivity contribution in [3.05, 3.63) is 23.8 Å². The molecule has 0 aromatic heterocycles. The highest BCUT2D eigenvalue weighted by Gasteiger charge is 2.52. The average molecular weight is 492 g/mol. The molecular formula is C24H28O11. The molecule has 0 aliphatic carbocycles. The molecule has 11 heteroatoms. The summed E-state index contributed by atoms with van der Waals surface area (Å²) in [6.07, 6.45) is 0.423. The molecule has 1 aromatic carbocycles. The zero-order valence-electron chi connectivity index (χ0n) is 20.1. The van der Waals surface area contributed by atoms with Crippen molar-refractivity contribution in [2.24, 2.45) is 5.92 Å². The highest BCUT2D eigenvalue weighted by atomic mass is 16.7. The third-order valence-electron chi connectivity index (χ3n) is 4.92. The predicted octanol–water partition coefficient (Wildman–Crippen LogP) is 1.54. The smallest absolute Gasteiger partial charge is 0.339 e. The van der Waals surface area contributed by atoms with Crippen molar-refractivity contribution in [3.63, 3.8) is 0 Å². The number of carbonyl (C=O) groups is 4. The second kappa shape index (κ2) is 12.6. The maximum Gasteiger partial charge on any atom is 0.339 e. The second-order valence-corrected chi connectivity index (χ2v) is 7.62. The van der Waals surface area contributed by atoms with Gasteiger partial charge in [0.2, 0.25) is 6.29 Å². The number of methoxy groups -OCH3 is 1. The summed E-state index contributed by atoms with van der Waals surface area (Å²) in [4.78, 5) is 47.0. The summed E-state index contributed by atoms with van der Waals surface area (Å²) in [5.41, 5.74) is 0.542. The molecule has 35 heavy (non-hydrogen) atoms. The van der Waals surface area contributed by atoms with Crippen LogP contribution in [0.15, 0.2) is 18.2 Å². The van der Waals surface area contributed by atoms with E-state index in [0.717, 1.165) is 14.0 Å². The quantitative estimate of drug-likeness (QED) is 0.282. The molecule has 11 nitrogen and oxygen atoms in total. The van der Waals surface area contributed by atoms with Gasteiger partial charge in [-0.2, -0.15) is 0 Å². The Morgan fingerprint density at radius 1 is 1.03 bits per heavy atom. The van der Waals surface area contributed by atoms with Crippen LogP contribution in [0.25, 0.3) is 0 Å². The van der Waals surface area contributed by atoms with Gasteiger partial charge in [0.05, 0.1) is 13.0 Å². The minimum absolute atomic E-state index is 0.0458. The molecule has 0 N–H and O–H groups in total. The van der Waals surface area contributed by atoms with Crippen LogP contribution < -0.4 is 9.47 Å². The Labute approximate surface area is 202 Å².